The fourth-order valence-electron chi connectivity index (χ4n) is 4.13. The van der Waals surface area contributed by atoms with Gasteiger partial charge in [0.1, 0.15) is 0 Å². The number of benzene rings is 2. The van der Waals surface area contributed by atoms with E-state index in [2.05, 4.69) is 0 Å². The average molecular weight is 454 g/mol. The van der Waals surface area contributed by atoms with E-state index in [-0.39, 0.29) is 23.8 Å². The fraction of sp³-hybridized carbons (Fsp3) is 0.273. The summed E-state index contributed by atoms with van der Waals surface area (Å²) in [6.07, 6.45) is -3.27. The largest absolute Gasteiger partial charge is 0.416 e. The van der Waals surface area contributed by atoms with Crippen LogP contribution in [0.5, 0.6) is 0 Å². The first-order valence-corrected chi connectivity index (χ1v) is 10.1. The van der Waals surface area contributed by atoms with Crippen LogP contribution in [0.25, 0.3) is 0 Å². The highest BCUT2D eigenvalue weighted by Crippen LogP contribution is 2.44. The smallest absolute Gasteiger partial charge is 0.294 e. The van der Waals surface area contributed by atoms with Gasteiger partial charge in [0.2, 0.25) is 5.91 Å². The topological polar surface area (TPSA) is 37.4 Å². The number of ketones is 1. The molecule has 0 radical (unpaired) electrons. The second-order valence-corrected chi connectivity index (χ2v) is 8.16. The Balaban J connectivity index is 1.85. The summed E-state index contributed by atoms with van der Waals surface area (Å²) >= 11 is 12.1. The van der Waals surface area contributed by atoms with Crippen molar-refractivity contribution >= 4 is 40.6 Å². The van der Waals surface area contributed by atoms with E-state index < -0.39 is 17.7 Å². The van der Waals surface area contributed by atoms with Crippen molar-refractivity contribution in [1.29, 1.82) is 0 Å². The molecule has 8 heteroatoms. The predicted octanol–water partition coefficient (Wildman–Crippen LogP) is 6.54. The Morgan fingerprint density at radius 1 is 0.967 bits per heavy atom. The van der Waals surface area contributed by atoms with Gasteiger partial charge in [0.05, 0.1) is 15.6 Å². The summed E-state index contributed by atoms with van der Waals surface area (Å²) in [5, 5.41) is 0.671. The zero-order valence-electron chi connectivity index (χ0n) is 15.6. The minimum Gasteiger partial charge on any atom is -0.294 e. The zero-order chi connectivity index (χ0) is 21.6. The molecule has 2 aromatic carbocycles. The van der Waals surface area contributed by atoms with Crippen molar-refractivity contribution in [2.24, 2.45) is 0 Å². The van der Waals surface area contributed by atoms with Crippen LogP contribution < -0.4 is 4.90 Å². The standard InChI is InChI=1S/C22H16Cl2F3NO2/c23-16-8-7-12(9-17(16)24)15-11-20(30)28(18-5-2-6-19(29)21(15)18)14-4-1-3-13(10-14)22(25,26)27/h1,3-4,7-10,15H,2,5-6,11H2. The van der Waals surface area contributed by atoms with E-state index in [1.807, 2.05) is 0 Å². The number of hydrogen-bond acceptors (Lipinski definition) is 2. The van der Waals surface area contributed by atoms with Crippen molar-refractivity contribution in [2.75, 3.05) is 4.90 Å². The Bertz CT molecular complexity index is 1080. The molecule has 0 saturated heterocycles. The molecular formula is C22H16Cl2F3NO2. The molecule has 1 heterocycles. The van der Waals surface area contributed by atoms with Crippen LogP contribution in [0.2, 0.25) is 10.0 Å². The molecule has 1 atom stereocenters. The molecule has 0 aromatic heterocycles. The average Bonchev–Trinajstić information content (AvgIpc) is 2.69. The third-order valence-corrected chi connectivity index (χ3v) is 6.19. The molecule has 1 unspecified atom stereocenters. The molecule has 4 rings (SSSR count). The van der Waals surface area contributed by atoms with Gasteiger partial charge >= 0.3 is 6.18 Å². The van der Waals surface area contributed by atoms with Gasteiger partial charge in [0, 0.05) is 35.7 Å². The molecule has 2 aliphatic rings. The molecular weight excluding hydrogens is 438 g/mol. The summed E-state index contributed by atoms with van der Waals surface area (Å²) in [4.78, 5) is 27.2. The highest BCUT2D eigenvalue weighted by atomic mass is 35.5. The molecule has 1 aliphatic heterocycles. The predicted molar refractivity (Wildman–Crippen MR) is 109 cm³/mol. The number of allylic oxidation sites excluding steroid dienone is 2. The normalized spacial score (nSPS) is 19.9. The van der Waals surface area contributed by atoms with Crippen molar-refractivity contribution in [3.63, 3.8) is 0 Å². The van der Waals surface area contributed by atoms with Gasteiger partial charge in [0.25, 0.3) is 0 Å². The zero-order valence-corrected chi connectivity index (χ0v) is 17.1. The van der Waals surface area contributed by atoms with E-state index in [9.17, 15) is 22.8 Å². The lowest BCUT2D eigenvalue weighted by Crippen LogP contribution is -2.40. The lowest BCUT2D eigenvalue weighted by atomic mass is 9.77. The first kappa shape index (κ1) is 20.9. The lowest BCUT2D eigenvalue weighted by molar-refractivity contribution is -0.137. The molecule has 2 aromatic rings. The first-order chi connectivity index (χ1) is 14.2. The van der Waals surface area contributed by atoms with Gasteiger partial charge in [-0.3, -0.25) is 14.5 Å². The first-order valence-electron chi connectivity index (χ1n) is 9.38. The SMILES string of the molecule is O=C1CCCC2=C1C(c1ccc(Cl)c(Cl)c1)CC(=O)N2c1cccc(C(F)(F)F)c1. The summed E-state index contributed by atoms with van der Waals surface area (Å²) in [6.45, 7) is 0. The summed E-state index contributed by atoms with van der Waals surface area (Å²) in [5.74, 6) is -0.965. The van der Waals surface area contributed by atoms with E-state index in [0.717, 1.165) is 12.1 Å². The Morgan fingerprint density at radius 3 is 2.43 bits per heavy atom. The third kappa shape index (κ3) is 3.74. The number of anilines is 1. The van der Waals surface area contributed by atoms with Crippen LogP contribution in [-0.4, -0.2) is 11.7 Å². The van der Waals surface area contributed by atoms with Crippen molar-refractivity contribution in [2.45, 2.75) is 37.8 Å². The van der Waals surface area contributed by atoms with Crippen molar-refractivity contribution in [3.8, 4) is 0 Å². The Morgan fingerprint density at radius 2 is 1.73 bits per heavy atom. The van der Waals surface area contributed by atoms with Crippen LogP contribution >= 0.6 is 23.2 Å². The molecule has 0 saturated carbocycles. The molecule has 30 heavy (non-hydrogen) atoms. The van der Waals surface area contributed by atoms with Gasteiger partial charge in [-0.05, 0) is 48.7 Å². The van der Waals surface area contributed by atoms with Crippen LogP contribution in [0, 0.1) is 0 Å². The molecule has 1 amide bonds. The van der Waals surface area contributed by atoms with E-state index in [1.165, 1.54) is 17.0 Å². The minimum absolute atomic E-state index is 0.0429. The summed E-state index contributed by atoms with van der Waals surface area (Å²) in [5.41, 5.74) is 0.895. The van der Waals surface area contributed by atoms with Crippen molar-refractivity contribution in [1.82, 2.24) is 0 Å². The quantitative estimate of drug-likeness (QED) is 0.517. The van der Waals surface area contributed by atoms with E-state index in [1.54, 1.807) is 18.2 Å². The summed E-state index contributed by atoms with van der Waals surface area (Å²) in [6, 6.07) is 9.58. The van der Waals surface area contributed by atoms with Crippen LogP contribution in [0.1, 0.15) is 42.7 Å². The van der Waals surface area contributed by atoms with Crippen LogP contribution in [0.15, 0.2) is 53.7 Å². The van der Waals surface area contributed by atoms with E-state index in [0.29, 0.717) is 46.1 Å². The maximum Gasteiger partial charge on any atom is 0.416 e. The van der Waals surface area contributed by atoms with Crippen LogP contribution in [0.4, 0.5) is 18.9 Å². The third-order valence-electron chi connectivity index (χ3n) is 5.45. The number of amides is 1. The van der Waals surface area contributed by atoms with Gasteiger partial charge in [0.15, 0.2) is 5.78 Å². The lowest BCUT2D eigenvalue weighted by Gasteiger charge is -2.38. The van der Waals surface area contributed by atoms with Gasteiger partial charge in [-0.25, -0.2) is 0 Å². The number of carbonyl (C=O) groups excluding carboxylic acids is 2. The monoisotopic (exact) mass is 453 g/mol. The van der Waals surface area contributed by atoms with Crippen LogP contribution in [-0.2, 0) is 15.8 Å². The van der Waals surface area contributed by atoms with Crippen molar-refractivity contribution < 1.29 is 22.8 Å². The maximum atomic E-state index is 13.2. The molecule has 0 bridgehead atoms. The van der Waals surface area contributed by atoms with E-state index >= 15 is 0 Å². The van der Waals surface area contributed by atoms with Gasteiger partial charge in [-0.2, -0.15) is 13.2 Å². The number of nitrogens with zero attached hydrogens (tertiary/aromatic N) is 1. The minimum atomic E-state index is -4.53. The van der Waals surface area contributed by atoms with Gasteiger partial charge < -0.3 is 0 Å². The molecule has 1 aliphatic carbocycles. The summed E-state index contributed by atoms with van der Waals surface area (Å²) in [7, 11) is 0. The second kappa shape index (κ2) is 7.75. The second-order valence-electron chi connectivity index (χ2n) is 7.34. The Kier molecular flexibility index (Phi) is 5.41. The van der Waals surface area contributed by atoms with E-state index in [4.69, 9.17) is 23.2 Å². The van der Waals surface area contributed by atoms with Crippen molar-refractivity contribution in [3.05, 3.63) is 74.9 Å². The molecule has 156 valence electrons. The Labute approximate surface area is 181 Å². The number of carbonyl (C=O) groups is 2. The van der Waals surface area contributed by atoms with Gasteiger partial charge in [-0.1, -0.05) is 35.3 Å². The number of rotatable bonds is 2. The molecule has 3 nitrogen and oxygen atoms in total. The molecule has 0 spiro atoms. The molecule has 0 fully saturated rings. The van der Waals surface area contributed by atoms with Crippen LogP contribution in [0.3, 0.4) is 0 Å². The Hall–Kier alpha value is -2.31. The number of halogens is 5. The fourth-order valence-corrected chi connectivity index (χ4v) is 4.43. The highest BCUT2D eigenvalue weighted by Gasteiger charge is 2.40. The highest BCUT2D eigenvalue weighted by molar-refractivity contribution is 6.42. The maximum absolute atomic E-state index is 13.2. The number of hydrogen-bond donors (Lipinski definition) is 0. The number of alkyl halides is 3. The van der Waals surface area contributed by atoms with Gasteiger partial charge in [-0.15, -0.1) is 0 Å². The summed E-state index contributed by atoms with van der Waals surface area (Å²) < 4.78 is 39.6. The number of Topliss-reactive ketones (excluding diaryl/α,β-unsaturated/α-hetero) is 1. The molecule has 0 N–H and O–H groups in total.